The second-order valence-corrected chi connectivity index (χ2v) is 4.36. The summed E-state index contributed by atoms with van der Waals surface area (Å²) < 4.78 is 5.00. The molecule has 0 unspecified atom stereocenters. The molecule has 2 N–H and O–H groups in total. The predicted octanol–water partition coefficient (Wildman–Crippen LogP) is 1.08. The molecule has 1 rings (SSSR count). The molecule has 6 heteroatoms. The largest absolute Gasteiger partial charge is 0.478 e. The number of anilines is 1. The van der Waals surface area contributed by atoms with Gasteiger partial charge in [-0.05, 0) is 26.1 Å². The number of hydrogen-bond acceptors (Lipinski definition) is 5. The van der Waals surface area contributed by atoms with Crippen LogP contribution in [0.3, 0.4) is 0 Å². The van der Waals surface area contributed by atoms with E-state index in [1.807, 2.05) is 7.05 Å². The number of likely N-dealkylation sites (N-methyl/N-ethyl adjacent to an activating group) is 1. The summed E-state index contributed by atoms with van der Waals surface area (Å²) in [6.07, 6.45) is 0. The van der Waals surface area contributed by atoms with Crippen molar-refractivity contribution in [2.75, 3.05) is 45.7 Å². The Hall–Kier alpha value is -1.66. The van der Waals surface area contributed by atoms with Crippen LogP contribution < -0.4 is 5.32 Å². The molecule has 0 radical (unpaired) electrons. The van der Waals surface area contributed by atoms with Crippen molar-refractivity contribution >= 4 is 11.8 Å². The van der Waals surface area contributed by atoms with E-state index in [0.717, 1.165) is 19.6 Å². The average Bonchev–Trinajstić information content (AvgIpc) is 2.36. The molecule has 0 spiro atoms. The van der Waals surface area contributed by atoms with Gasteiger partial charge in [0.25, 0.3) is 0 Å². The lowest BCUT2D eigenvalue weighted by Gasteiger charge is -2.16. The van der Waals surface area contributed by atoms with E-state index in [9.17, 15) is 4.79 Å². The van der Waals surface area contributed by atoms with E-state index in [1.165, 1.54) is 0 Å². The molecular formula is C13H21N3O3. The maximum atomic E-state index is 10.9. The van der Waals surface area contributed by atoms with Crippen molar-refractivity contribution in [2.24, 2.45) is 0 Å². The summed E-state index contributed by atoms with van der Waals surface area (Å²) in [5.74, 6) is -0.251. The fourth-order valence-electron chi connectivity index (χ4n) is 1.62. The number of pyridine rings is 1. The Balaban J connectivity index is 2.42. The maximum Gasteiger partial charge on any atom is 0.337 e. The van der Waals surface area contributed by atoms with Crippen LogP contribution in [0.1, 0.15) is 16.1 Å². The van der Waals surface area contributed by atoms with Crippen LogP contribution in [-0.2, 0) is 4.74 Å². The van der Waals surface area contributed by atoms with E-state index in [4.69, 9.17) is 9.84 Å². The third-order valence-electron chi connectivity index (χ3n) is 2.79. The summed E-state index contributed by atoms with van der Waals surface area (Å²) >= 11 is 0. The van der Waals surface area contributed by atoms with Crippen LogP contribution in [0.4, 0.5) is 5.82 Å². The number of rotatable bonds is 8. The minimum Gasteiger partial charge on any atom is -0.478 e. The SMILES string of the molecule is COCCN(C)CCNc1ccc(C(=O)O)c(C)n1. The molecule has 0 aromatic carbocycles. The van der Waals surface area contributed by atoms with E-state index in [0.29, 0.717) is 18.1 Å². The minimum absolute atomic E-state index is 0.239. The van der Waals surface area contributed by atoms with Crippen LogP contribution in [0.25, 0.3) is 0 Å². The Bertz CT molecular complexity index is 424. The van der Waals surface area contributed by atoms with Crippen LogP contribution >= 0.6 is 0 Å². The lowest BCUT2D eigenvalue weighted by atomic mass is 10.2. The van der Waals surface area contributed by atoms with E-state index in [2.05, 4.69) is 15.2 Å². The molecule has 0 amide bonds. The van der Waals surface area contributed by atoms with Gasteiger partial charge in [-0.25, -0.2) is 9.78 Å². The number of ether oxygens (including phenoxy) is 1. The molecule has 106 valence electrons. The molecule has 1 aromatic heterocycles. The molecule has 0 saturated heterocycles. The van der Waals surface area contributed by atoms with Gasteiger partial charge >= 0.3 is 5.97 Å². The Morgan fingerprint density at radius 3 is 2.79 bits per heavy atom. The Morgan fingerprint density at radius 1 is 1.47 bits per heavy atom. The molecule has 1 aromatic rings. The minimum atomic E-state index is -0.948. The summed E-state index contributed by atoms with van der Waals surface area (Å²) in [5.41, 5.74) is 0.757. The van der Waals surface area contributed by atoms with Gasteiger partial charge in [-0.3, -0.25) is 0 Å². The van der Waals surface area contributed by atoms with Crippen LogP contribution in [0.5, 0.6) is 0 Å². The van der Waals surface area contributed by atoms with Crippen molar-refractivity contribution in [3.8, 4) is 0 Å². The van der Waals surface area contributed by atoms with E-state index in [1.54, 1.807) is 26.2 Å². The standard InChI is InChI=1S/C13H21N3O3/c1-10-11(13(17)18)4-5-12(15-10)14-6-7-16(2)8-9-19-3/h4-5H,6-9H2,1-3H3,(H,14,15)(H,17,18). The molecule has 0 atom stereocenters. The van der Waals surface area contributed by atoms with Crippen LogP contribution in [0.15, 0.2) is 12.1 Å². The summed E-state index contributed by atoms with van der Waals surface area (Å²) in [6, 6.07) is 3.26. The highest BCUT2D eigenvalue weighted by Crippen LogP contribution is 2.10. The molecule has 19 heavy (non-hydrogen) atoms. The maximum absolute atomic E-state index is 10.9. The van der Waals surface area contributed by atoms with Gasteiger partial charge in [0.05, 0.1) is 17.9 Å². The fraction of sp³-hybridized carbons (Fsp3) is 0.538. The first-order chi connectivity index (χ1) is 9.04. The van der Waals surface area contributed by atoms with Crippen molar-refractivity contribution in [2.45, 2.75) is 6.92 Å². The van der Waals surface area contributed by atoms with E-state index < -0.39 is 5.97 Å². The molecule has 0 aliphatic rings. The lowest BCUT2D eigenvalue weighted by Crippen LogP contribution is -2.28. The zero-order valence-corrected chi connectivity index (χ0v) is 11.6. The van der Waals surface area contributed by atoms with Gasteiger partial charge in [0.15, 0.2) is 0 Å². The van der Waals surface area contributed by atoms with Crippen LogP contribution in [0, 0.1) is 6.92 Å². The van der Waals surface area contributed by atoms with Crippen molar-refractivity contribution in [1.82, 2.24) is 9.88 Å². The summed E-state index contributed by atoms with van der Waals surface area (Å²) in [5, 5.41) is 12.1. The molecular weight excluding hydrogens is 246 g/mol. The van der Waals surface area contributed by atoms with Gasteiger partial charge < -0.3 is 20.1 Å². The van der Waals surface area contributed by atoms with Gasteiger partial charge in [0, 0.05) is 26.7 Å². The first-order valence-corrected chi connectivity index (χ1v) is 6.17. The Kier molecular flexibility index (Phi) is 6.24. The van der Waals surface area contributed by atoms with Crippen LogP contribution in [-0.4, -0.2) is 61.4 Å². The zero-order chi connectivity index (χ0) is 14.3. The quantitative estimate of drug-likeness (QED) is 0.734. The van der Waals surface area contributed by atoms with E-state index in [-0.39, 0.29) is 5.56 Å². The molecule has 0 bridgehead atoms. The highest BCUT2D eigenvalue weighted by Gasteiger charge is 2.08. The van der Waals surface area contributed by atoms with Gasteiger partial charge in [-0.1, -0.05) is 0 Å². The number of carbonyl (C=O) groups is 1. The molecule has 1 heterocycles. The molecule has 0 saturated carbocycles. The van der Waals surface area contributed by atoms with Gasteiger partial charge in [0.2, 0.25) is 0 Å². The van der Waals surface area contributed by atoms with Crippen molar-refractivity contribution in [3.63, 3.8) is 0 Å². The number of carboxylic acid groups (broad SMARTS) is 1. The third-order valence-corrected chi connectivity index (χ3v) is 2.79. The van der Waals surface area contributed by atoms with Crippen molar-refractivity contribution in [1.29, 1.82) is 0 Å². The highest BCUT2D eigenvalue weighted by atomic mass is 16.5. The number of aromatic nitrogens is 1. The smallest absolute Gasteiger partial charge is 0.337 e. The van der Waals surface area contributed by atoms with Gasteiger partial charge in [-0.15, -0.1) is 0 Å². The second kappa shape index (κ2) is 7.70. The number of nitrogens with zero attached hydrogens (tertiary/aromatic N) is 2. The topological polar surface area (TPSA) is 74.7 Å². The Labute approximate surface area is 113 Å². The first-order valence-electron chi connectivity index (χ1n) is 6.17. The van der Waals surface area contributed by atoms with Crippen LogP contribution in [0.2, 0.25) is 0 Å². The van der Waals surface area contributed by atoms with Crippen molar-refractivity contribution in [3.05, 3.63) is 23.4 Å². The monoisotopic (exact) mass is 267 g/mol. The predicted molar refractivity (Wildman–Crippen MR) is 73.8 cm³/mol. The normalized spacial score (nSPS) is 10.7. The summed E-state index contributed by atoms with van der Waals surface area (Å²) in [4.78, 5) is 17.2. The third kappa shape index (κ3) is 5.23. The highest BCUT2D eigenvalue weighted by molar-refractivity contribution is 5.89. The van der Waals surface area contributed by atoms with Gasteiger partial charge in [-0.2, -0.15) is 0 Å². The number of carboxylic acids is 1. The van der Waals surface area contributed by atoms with E-state index >= 15 is 0 Å². The number of nitrogens with one attached hydrogen (secondary N) is 1. The number of aromatic carboxylic acids is 1. The molecule has 0 aliphatic heterocycles. The summed E-state index contributed by atoms with van der Waals surface area (Å²) in [7, 11) is 3.70. The molecule has 0 aliphatic carbocycles. The fourth-order valence-corrected chi connectivity index (χ4v) is 1.62. The lowest BCUT2D eigenvalue weighted by molar-refractivity contribution is 0.0695. The zero-order valence-electron chi connectivity index (χ0n) is 11.6. The van der Waals surface area contributed by atoms with Crippen molar-refractivity contribution < 1.29 is 14.6 Å². The number of methoxy groups -OCH3 is 1. The van der Waals surface area contributed by atoms with Gasteiger partial charge in [0.1, 0.15) is 5.82 Å². The Morgan fingerprint density at radius 2 is 2.21 bits per heavy atom. The molecule has 0 fully saturated rings. The number of hydrogen-bond donors (Lipinski definition) is 2. The summed E-state index contributed by atoms with van der Waals surface area (Å²) in [6.45, 7) is 4.90. The molecule has 6 nitrogen and oxygen atoms in total. The number of aryl methyl sites for hydroxylation is 1. The second-order valence-electron chi connectivity index (χ2n) is 4.36. The first kappa shape index (κ1) is 15.4. The average molecular weight is 267 g/mol.